The van der Waals surface area contributed by atoms with Gasteiger partial charge in [0.1, 0.15) is 0 Å². The zero-order chi connectivity index (χ0) is 17.0. The van der Waals surface area contributed by atoms with E-state index >= 15 is 0 Å². The first-order valence-electron chi connectivity index (χ1n) is 8.52. The molecule has 0 saturated heterocycles. The lowest BCUT2D eigenvalue weighted by atomic mass is 10.1. The van der Waals surface area contributed by atoms with Crippen LogP contribution in [0, 0.1) is 0 Å². The highest BCUT2D eigenvalue weighted by Gasteiger charge is 2.24. The molecule has 0 N–H and O–H groups in total. The van der Waals surface area contributed by atoms with Crippen molar-refractivity contribution in [3.8, 4) is 11.1 Å². The highest BCUT2D eigenvalue weighted by molar-refractivity contribution is 7.75. The quantitative estimate of drug-likeness (QED) is 0.412. The van der Waals surface area contributed by atoms with E-state index in [-0.39, 0.29) is 7.92 Å². The largest absolute Gasteiger partial charge is 0.0693 e. The number of rotatable bonds is 5. The van der Waals surface area contributed by atoms with Gasteiger partial charge < -0.3 is 0 Å². The minimum absolute atomic E-state index is 0.322. The Hall–Kier alpha value is -1.69. The van der Waals surface area contributed by atoms with E-state index in [9.17, 15) is 0 Å². The molecule has 1 unspecified atom stereocenters. The van der Waals surface area contributed by atoms with Crippen molar-refractivity contribution in [2.24, 2.45) is 0 Å². The molecule has 0 amide bonds. The Morgan fingerprint density at radius 2 is 1.21 bits per heavy atom. The topological polar surface area (TPSA) is 0 Å². The van der Waals surface area contributed by atoms with Crippen molar-refractivity contribution < 1.29 is 0 Å². The lowest BCUT2D eigenvalue weighted by Crippen LogP contribution is -2.31. The second-order valence-corrected chi connectivity index (χ2v) is 15.6. The lowest BCUT2D eigenvalue weighted by Gasteiger charge is -2.27. The Morgan fingerprint density at radius 1 is 0.667 bits per heavy atom. The monoisotopic (exact) mass is 348 g/mol. The summed E-state index contributed by atoms with van der Waals surface area (Å²) in [5.74, 6) is 1.33. The molecule has 0 radical (unpaired) electrons. The predicted molar refractivity (Wildman–Crippen MR) is 113 cm³/mol. The normalized spacial score (nSPS) is 12.8. The van der Waals surface area contributed by atoms with Crippen molar-refractivity contribution in [1.82, 2.24) is 0 Å². The molecule has 0 saturated carbocycles. The molecule has 24 heavy (non-hydrogen) atoms. The Bertz CT molecular complexity index is 776. The summed E-state index contributed by atoms with van der Waals surface area (Å²) >= 11 is 0. The van der Waals surface area contributed by atoms with Gasteiger partial charge in [0.05, 0.1) is 0 Å². The molecule has 122 valence electrons. The minimum Gasteiger partial charge on any atom is -0.0693 e. The Kier molecular flexibility index (Phi) is 5.33. The summed E-state index contributed by atoms with van der Waals surface area (Å²) in [6.45, 7) is 7.45. The molecule has 0 spiro atoms. The number of hydrogen-bond acceptors (Lipinski definition) is 0. The van der Waals surface area contributed by atoms with E-state index in [1.54, 1.807) is 0 Å². The van der Waals surface area contributed by atoms with Crippen LogP contribution in [0.5, 0.6) is 0 Å². The van der Waals surface area contributed by atoms with E-state index in [4.69, 9.17) is 0 Å². The molecule has 3 rings (SSSR count). The fourth-order valence-corrected chi connectivity index (χ4v) is 9.75. The average Bonchev–Trinajstić information content (AvgIpc) is 2.60. The van der Waals surface area contributed by atoms with E-state index < -0.39 is 8.07 Å². The van der Waals surface area contributed by atoms with Crippen LogP contribution >= 0.6 is 7.92 Å². The van der Waals surface area contributed by atoms with Crippen LogP contribution in [0.4, 0.5) is 0 Å². The average molecular weight is 349 g/mol. The lowest BCUT2D eigenvalue weighted by molar-refractivity contribution is 1.63. The SMILES string of the molecule is C[Si](C)(C)CP(c1ccccc1)c1ccccc1-c1ccccc1. The van der Waals surface area contributed by atoms with E-state index in [0.717, 1.165) is 0 Å². The molecular weight excluding hydrogens is 323 g/mol. The highest BCUT2D eigenvalue weighted by Crippen LogP contribution is 2.39. The van der Waals surface area contributed by atoms with Gasteiger partial charge in [-0.05, 0) is 35.4 Å². The van der Waals surface area contributed by atoms with Gasteiger partial charge in [0.2, 0.25) is 0 Å². The third-order valence-electron chi connectivity index (χ3n) is 3.98. The smallest absolute Gasteiger partial charge is 0.0492 e. The summed E-state index contributed by atoms with van der Waals surface area (Å²) in [5.41, 5.74) is 2.72. The molecule has 0 aliphatic heterocycles. The Balaban J connectivity index is 2.12. The van der Waals surface area contributed by atoms with Crippen LogP contribution in [0.25, 0.3) is 11.1 Å². The minimum atomic E-state index is -1.18. The van der Waals surface area contributed by atoms with Crippen molar-refractivity contribution in [1.29, 1.82) is 0 Å². The standard InChI is InChI=1S/C22H25PSi/c1-24(2,3)18-23(20-14-8-5-9-15-20)22-17-11-10-16-21(22)19-12-6-4-7-13-19/h4-17H,18H2,1-3H3. The predicted octanol–water partition coefficient (Wildman–Crippen LogP) is 5.66. The molecule has 1 atom stereocenters. The molecule has 0 aliphatic rings. The molecule has 0 nitrogen and oxygen atoms in total. The van der Waals surface area contributed by atoms with Crippen LogP contribution in [0.2, 0.25) is 19.6 Å². The molecule has 2 heteroatoms. The summed E-state index contributed by atoms with van der Waals surface area (Å²) in [4.78, 5) is 0. The van der Waals surface area contributed by atoms with Gasteiger partial charge in [-0.2, -0.15) is 0 Å². The summed E-state index contributed by atoms with van der Waals surface area (Å²) in [6.07, 6.45) is 0. The van der Waals surface area contributed by atoms with Crippen LogP contribution in [0.1, 0.15) is 0 Å². The van der Waals surface area contributed by atoms with Crippen molar-refractivity contribution in [3.05, 3.63) is 84.9 Å². The fourth-order valence-electron chi connectivity index (χ4n) is 2.97. The van der Waals surface area contributed by atoms with Crippen molar-refractivity contribution in [2.45, 2.75) is 19.6 Å². The number of benzene rings is 3. The maximum Gasteiger partial charge on any atom is 0.0492 e. The second-order valence-electron chi connectivity index (χ2n) is 7.37. The van der Waals surface area contributed by atoms with Gasteiger partial charge >= 0.3 is 0 Å². The highest BCUT2D eigenvalue weighted by atomic mass is 31.1. The summed E-state index contributed by atoms with van der Waals surface area (Å²) in [7, 11) is -1.50. The first kappa shape index (κ1) is 17.1. The molecule has 0 aromatic heterocycles. The molecule has 0 aliphatic carbocycles. The fraction of sp³-hybridized carbons (Fsp3) is 0.182. The third-order valence-corrected chi connectivity index (χ3v) is 10.9. The Morgan fingerprint density at radius 3 is 1.83 bits per heavy atom. The van der Waals surface area contributed by atoms with Crippen molar-refractivity contribution in [2.75, 3.05) is 5.79 Å². The van der Waals surface area contributed by atoms with E-state index in [2.05, 4.69) is 105 Å². The van der Waals surface area contributed by atoms with E-state index in [1.807, 2.05) is 0 Å². The maximum absolute atomic E-state index is 2.48. The van der Waals surface area contributed by atoms with Crippen molar-refractivity contribution in [3.63, 3.8) is 0 Å². The van der Waals surface area contributed by atoms with Crippen LogP contribution < -0.4 is 10.6 Å². The summed E-state index contributed by atoms with van der Waals surface area (Å²) < 4.78 is 0. The van der Waals surface area contributed by atoms with Gasteiger partial charge in [-0.1, -0.05) is 105 Å². The van der Waals surface area contributed by atoms with Gasteiger partial charge in [-0.3, -0.25) is 0 Å². The van der Waals surface area contributed by atoms with Crippen LogP contribution in [-0.2, 0) is 0 Å². The zero-order valence-corrected chi connectivity index (χ0v) is 16.6. The van der Waals surface area contributed by atoms with Gasteiger partial charge in [0, 0.05) is 8.07 Å². The molecule has 3 aromatic rings. The van der Waals surface area contributed by atoms with E-state index in [1.165, 1.54) is 27.5 Å². The van der Waals surface area contributed by atoms with Gasteiger partial charge in [0.15, 0.2) is 0 Å². The molecule has 0 bridgehead atoms. The van der Waals surface area contributed by atoms with Crippen LogP contribution in [0.3, 0.4) is 0 Å². The Labute approximate surface area is 148 Å². The molecule has 0 fully saturated rings. The first-order chi connectivity index (χ1) is 11.5. The number of hydrogen-bond donors (Lipinski definition) is 0. The molecule has 3 aromatic carbocycles. The van der Waals surface area contributed by atoms with E-state index in [0.29, 0.717) is 0 Å². The third kappa shape index (κ3) is 4.23. The molecular formula is C22H25PSi. The van der Waals surface area contributed by atoms with Gasteiger partial charge in [-0.15, -0.1) is 0 Å². The van der Waals surface area contributed by atoms with Crippen LogP contribution in [-0.4, -0.2) is 13.9 Å². The van der Waals surface area contributed by atoms with Crippen LogP contribution in [0.15, 0.2) is 84.9 Å². The van der Waals surface area contributed by atoms with Gasteiger partial charge in [0.25, 0.3) is 0 Å². The molecule has 0 heterocycles. The first-order valence-corrected chi connectivity index (χ1v) is 13.7. The summed E-state index contributed by atoms with van der Waals surface area (Å²) in [6, 6.07) is 30.9. The summed E-state index contributed by atoms with van der Waals surface area (Å²) in [5, 5.41) is 3.02. The van der Waals surface area contributed by atoms with Crippen molar-refractivity contribution >= 4 is 26.6 Å². The zero-order valence-electron chi connectivity index (χ0n) is 14.7. The maximum atomic E-state index is 2.48. The second kappa shape index (κ2) is 7.47. The van der Waals surface area contributed by atoms with Gasteiger partial charge in [-0.25, -0.2) is 0 Å².